The fourth-order valence-electron chi connectivity index (χ4n) is 2.74. The molecule has 24 heavy (non-hydrogen) atoms. The van der Waals surface area contributed by atoms with E-state index < -0.39 is 5.97 Å². The van der Waals surface area contributed by atoms with E-state index in [2.05, 4.69) is 5.10 Å². The number of aliphatic carboxylic acids is 1. The van der Waals surface area contributed by atoms with E-state index in [9.17, 15) is 9.18 Å². The monoisotopic (exact) mass is 329 g/mol. The molecular formula is C17H16FN3O3. The van der Waals surface area contributed by atoms with Gasteiger partial charge in [-0.05, 0) is 30.3 Å². The molecule has 0 fully saturated rings. The van der Waals surface area contributed by atoms with E-state index >= 15 is 0 Å². The molecule has 2 aromatic heterocycles. The van der Waals surface area contributed by atoms with Gasteiger partial charge in [0.2, 0.25) is 0 Å². The number of carbonyl (C=O) groups is 1. The Morgan fingerprint density at radius 1 is 1.42 bits per heavy atom. The standard InChI is InChI=1S/C17H16FN3O3/c1-20-17(13(4-6-16(22)23)14(19-20)10-24-2)21-8-7-11-9-12(18)3-5-15(11)21/h3-9H,10H2,1-2H3,(H,22,23)/b6-4+. The first kappa shape index (κ1) is 15.9. The lowest BCUT2D eigenvalue weighted by Crippen LogP contribution is -2.03. The molecule has 6 nitrogen and oxygen atoms in total. The van der Waals surface area contributed by atoms with Gasteiger partial charge in [0, 0.05) is 37.4 Å². The predicted molar refractivity (Wildman–Crippen MR) is 87.4 cm³/mol. The number of aryl methyl sites for hydroxylation is 1. The smallest absolute Gasteiger partial charge is 0.328 e. The molecule has 0 aliphatic carbocycles. The maximum atomic E-state index is 13.4. The lowest BCUT2D eigenvalue weighted by molar-refractivity contribution is -0.131. The van der Waals surface area contributed by atoms with Gasteiger partial charge >= 0.3 is 5.97 Å². The maximum Gasteiger partial charge on any atom is 0.328 e. The highest BCUT2D eigenvalue weighted by Crippen LogP contribution is 2.26. The quantitative estimate of drug-likeness (QED) is 0.731. The van der Waals surface area contributed by atoms with E-state index in [0.717, 1.165) is 17.0 Å². The van der Waals surface area contributed by atoms with Crippen LogP contribution in [0, 0.1) is 5.82 Å². The first-order chi connectivity index (χ1) is 11.5. The molecule has 3 aromatic rings. The third-order valence-corrected chi connectivity index (χ3v) is 3.68. The Bertz CT molecular complexity index is 940. The van der Waals surface area contributed by atoms with E-state index in [-0.39, 0.29) is 12.4 Å². The van der Waals surface area contributed by atoms with Gasteiger partial charge in [-0.2, -0.15) is 5.10 Å². The zero-order chi connectivity index (χ0) is 17.3. The zero-order valence-electron chi connectivity index (χ0n) is 13.2. The molecule has 0 radical (unpaired) electrons. The van der Waals surface area contributed by atoms with E-state index in [0.29, 0.717) is 17.1 Å². The maximum absolute atomic E-state index is 13.4. The molecular weight excluding hydrogens is 313 g/mol. The predicted octanol–water partition coefficient (Wildman–Crippen LogP) is 2.75. The van der Waals surface area contributed by atoms with Gasteiger partial charge in [-0.25, -0.2) is 9.18 Å². The van der Waals surface area contributed by atoms with E-state index in [1.54, 1.807) is 37.2 Å². The normalized spacial score (nSPS) is 11.6. The number of carboxylic acid groups (broad SMARTS) is 1. The van der Waals surface area contributed by atoms with Crippen LogP contribution in [0.25, 0.3) is 22.8 Å². The van der Waals surface area contributed by atoms with E-state index in [4.69, 9.17) is 9.84 Å². The third kappa shape index (κ3) is 2.81. The van der Waals surface area contributed by atoms with Crippen molar-refractivity contribution in [3.8, 4) is 5.82 Å². The van der Waals surface area contributed by atoms with Crippen LogP contribution >= 0.6 is 0 Å². The van der Waals surface area contributed by atoms with Crippen molar-refractivity contribution in [2.75, 3.05) is 7.11 Å². The molecule has 0 amide bonds. The number of fused-ring (bicyclic) bond motifs is 1. The van der Waals surface area contributed by atoms with Crippen molar-refractivity contribution in [3.05, 3.63) is 53.6 Å². The number of carboxylic acids is 1. The van der Waals surface area contributed by atoms with Crippen molar-refractivity contribution < 1.29 is 19.0 Å². The Balaban J connectivity index is 2.23. The summed E-state index contributed by atoms with van der Waals surface area (Å²) in [6.07, 6.45) is 4.36. The molecule has 0 saturated heterocycles. The first-order valence-corrected chi connectivity index (χ1v) is 7.24. The van der Waals surface area contributed by atoms with Crippen LogP contribution < -0.4 is 0 Å². The Kier molecular flexibility index (Phi) is 4.18. The number of ether oxygens (including phenoxy) is 1. The fourth-order valence-corrected chi connectivity index (χ4v) is 2.74. The van der Waals surface area contributed by atoms with Gasteiger partial charge in [-0.3, -0.25) is 4.68 Å². The second-order valence-corrected chi connectivity index (χ2v) is 5.30. The Morgan fingerprint density at radius 3 is 2.92 bits per heavy atom. The molecule has 0 saturated carbocycles. The summed E-state index contributed by atoms with van der Waals surface area (Å²) in [6.45, 7) is 0.251. The van der Waals surface area contributed by atoms with Crippen LogP contribution in [0.5, 0.6) is 0 Å². The van der Waals surface area contributed by atoms with Crippen molar-refractivity contribution in [1.82, 2.24) is 14.3 Å². The average molecular weight is 329 g/mol. The number of hydrogen-bond acceptors (Lipinski definition) is 3. The summed E-state index contributed by atoms with van der Waals surface area (Å²) in [6, 6.07) is 6.31. The average Bonchev–Trinajstić information content (AvgIpc) is 3.05. The lowest BCUT2D eigenvalue weighted by atomic mass is 10.2. The van der Waals surface area contributed by atoms with E-state index in [1.807, 2.05) is 4.57 Å². The number of benzene rings is 1. The molecule has 0 unspecified atom stereocenters. The van der Waals surface area contributed by atoms with Crippen molar-refractivity contribution in [2.45, 2.75) is 6.61 Å². The van der Waals surface area contributed by atoms with Crippen molar-refractivity contribution in [2.24, 2.45) is 7.05 Å². The van der Waals surface area contributed by atoms with Gasteiger partial charge < -0.3 is 14.4 Å². The van der Waals surface area contributed by atoms with E-state index in [1.165, 1.54) is 18.2 Å². The number of halogens is 1. The largest absolute Gasteiger partial charge is 0.478 e. The minimum atomic E-state index is -1.05. The fraction of sp³-hybridized carbons (Fsp3) is 0.176. The molecule has 3 rings (SSSR count). The molecule has 0 bridgehead atoms. The minimum absolute atomic E-state index is 0.251. The SMILES string of the molecule is COCc1nn(C)c(-n2ccc3cc(F)ccc32)c1/C=C/C(=O)O. The number of hydrogen-bond donors (Lipinski definition) is 1. The minimum Gasteiger partial charge on any atom is -0.478 e. The Morgan fingerprint density at radius 2 is 2.21 bits per heavy atom. The Hall–Kier alpha value is -2.93. The number of nitrogens with zero attached hydrogens (tertiary/aromatic N) is 3. The second kappa shape index (κ2) is 6.29. The number of rotatable bonds is 5. The van der Waals surface area contributed by atoms with Crippen LogP contribution in [-0.2, 0) is 23.2 Å². The molecule has 124 valence electrons. The summed E-state index contributed by atoms with van der Waals surface area (Å²) in [5.41, 5.74) is 2.06. The molecule has 7 heteroatoms. The summed E-state index contributed by atoms with van der Waals surface area (Å²) < 4.78 is 22.1. The number of aromatic nitrogens is 3. The molecule has 0 aliphatic rings. The van der Waals surface area contributed by atoms with Crippen LogP contribution in [0.1, 0.15) is 11.3 Å². The van der Waals surface area contributed by atoms with Gasteiger partial charge in [0.25, 0.3) is 0 Å². The van der Waals surface area contributed by atoms with Crippen LogP contribution in [0.3, 0.4) is 0 Å². The highest BCUT2D eigenvalue weighted by Gasteiger charge is 2.17. The molecule has 0 aliphatic heterocycles. The summed E-state index contributed by atoms with van der Waals surface area (Å²) >= 11 is 0. The highest BCUT2D eigenvalue weighted by atomic mass is 19.1. The zero-order valence-corrected chi connectivity index (χ0v) is 13.2. The molecule has 0 atom stereocenters. The van der Waals surface area contributed by atoms with Crippen LogP contribution in [0.4, 0.5) is 4.39 Å². The third-order valence-electron chi connectivity index (χ3n) is 3.68. The first-order valence-electron chi connectivity index (χ1n) is 7.24. The molecule has 0 spiro atoms. The summed E-state index contributed by atoms with van der Waals surface area (Å²) in [5, 5.41) is 14.1. The van der Waals surface area contributed by atoms with Gasteiger partial charge in [0.1, 0.15) is 11.6 Å². The van der Waals surface area contributed by atoms with Gasteiger partial charge in [0.15, 0.2) is 0 Å². The van der Waals surface area contributed by atoms with Gasteiger partial charge in [-0.15, -0.1) is 0 Å². The highest BCUT2D eigenvalue weighted by molar-refractivity contribution is 5.87. The van der Waals surface area contributed by atoms with Crippen LogP contribution in [0.2, 0.25) is 0 Å². The van der Waals surface area contributed by atoms with Crippen molar-refractivity contribution in [1.29, 1.82) is 0 Å². The van der Waals surface area contributed by atoms with Crippen molar-refractivity contribution in [3.63, 3.8) is 0 Å². The van der Waals surface area contributed by atoms with Crippen molar-refractivity contribution >= 4 is 22.9 Å². The van der Waals surface area contributed by atoms with Gasteiger partial charge in [0.05, 0.1) is 17.8 Å². The van der Waals surface area contributed by atoms with Gasteiger partial charge in [-0.1, -0.05) is 0 Å². The number of methoxy groups -OCH3 is 1. The molecule has 2 heterocycles. The van der Waals surface area contributed by atoms with Crippen LogP contribution in [-0.4, -0.2) is 32.5 Å². The Labute approximate surface area is 137 Å². The molecule has 1 N–H and O–H groups in total. The molecule has 1 aromatic carbocycles. The topological polar surface area (TPSA) is 69.3 Å². The van der Waals surface area contributed by atoms with Crippen LogP contribution in [0.15, 0.2) is 36.5 Å². The summed E-state index contributed by atoms with van der Waals surface area (Å²) in [4.78, 5) is 10.9. The second-order valence-electron chi connectivity index (χ2n) is 5.30. The lowest BCUT2D eigenvalue weighted by Gasteiger charge is -2.08. The summed E-state index contributed by atoms with van der Waals surface area (Å²) in [5.74, 6) is -0.676. The summed E-state index contributed by atoms with van der Waals surface area (Å²) in [7, 11) is 3.31.